The van der Waals surface area contributed by atoms with Crippen LogP contribution in [-0.2, 0) is 24.2 Å². The number of sulfone groups is 1. The van der Waals surface area contributed by atoms with Crippen molar-refractivity contribution < 1.29 is 22.7 Å². The average Bonchev–Trinajstić information content (AvgIpc) is 2.72. The van der Waals surface area contributed by atoms with Crippen molar-refractivity contribution in [3.8, 4) is 0 Å². The van der Waals surface area contributed by atoms with Crippen molar-refractivity contribution in [2.24, 2.45) is 5.73 Å². The van der Waals surface area contributed by atoms with Gasteiger partial charge in [0.25, 0.3) is 0 Å². The minimum absolute atomic E-state index is 0.00587. The Morgan fingerprint density at radius 1 is 1.16 bits per heavy atom. The Bertz CT molecular complexity index is 1100. The summed E-state index contributed by atoms with van der Waals surface area (Å²) in [6.07, 6.45) is -0.407. The molecule has 0 aromatic heterocycles. The number of nitrogen functional groups attached to an aromatic ring is 1. The van der Waals surface area contributed by atoms with Crippen LogP contribution in [0.3, 0.4) is 0 Å². The number of hydrogen-bond acceptors (Lipinski definition) is 6. The van der Waals surface area contributed by atoms with Gasteiger partial charge in [-0.05, 0) is 48.9 Å². The molecule has 172 valence electrons. The number of amides is 2. The number of anilines is 1. The largest absolute Gasteiger partial charge is 0.384 e. The predicted molar refractivity (Wildman–Crippen MR) is 123 cm³/mol. The molecular formula is C21H25ClN4O5S. The molecule has 32 heavy (non-hydrogen) atoms. The molecule has 0 aliphatic carbocycles. The molecule has 0 saturated carbocycles. The Hall–Kier alpha value is -2.95. The minimum Gasteiger partial charge on any atom is -0.384 e. The van der Waals surface area contributed by atoms with Crippen LogP contribution in [0.5, 0.6) is 0 Å². The van der Waals surface area contributed by atoms with Crippen molar-refractivity contribution in [3.05, 3.63) is 58.6 Å². The van der Waals surface area contributed by atoms with Gasteiger partial charge in [-0.15, -0.1) is 0 Å². The fourth-order valence-electron chi connectivity index (χ4n) is 2.80. The van der Waals surface area contributed by atoms with Crippen LogP contribution in [0.1, 0.15) is 30.5 Å². The normalized spacial score (nSPS) is 12.1. The summed E-state index contributed by atoms with van der Waals surface area (Å²) in [5.41, 5.74) is 6.96. The molecule has 2 rings (SSSR count). The highest BCUT2D eigenvalue weighted by atomic mass is 35.5. The predicted octanol–water partition coefficient (Wildman–Crippen LogP) is 2.25. The number of carbonyl (C=O) groups excluding carboxylic acids is 2. The molecule has 0 spiro atoms. The SMILES string of the molecule is COCCS(=O)(=O)c1ccc(C(C)NC(=O)CC(=O)Nc2ccc(C(=N)N)cc2)cc1Cl. The van der Waals surface area contributed by atoms with Crippen LogP contribution < -0.4 is 16.4 Å². The first-order valence-electron chi connectivity index (χ1n) is 9.58. The van der Waals surface area contributed by atoms with Crippen LogP contribution in [0.2, 0.25) is 5.02 Å². The zero-order chi connectivity index (χ0) is 23.9. The summed E-state index contributed by atoms with van der Waals surface area (Å²) in [7, 11) is -2.18. The summed E-state index contributed by atoms with van der Waals surface area (Å²) in [4.78, 5) is 24.4. The highest BCUT2D eigenvalue weighted by Crippen LogP contribution is 2.26. The van der Waals surface area contributed by atoms with Gasteiger partial charge in [0.05, 0.1) is 28.3 Å². The number of carbonyl (C=O) groups is 2. The fourth-order valence-corrected chi connectivity index (χ4v) is 4.58. The van der Waals surface area contributed by atoms with Crippen LogP contribution in [0, 0.1) is 5.41 Å². The Balaban J connectivity index is 1.96. The van der Waals surface area contributed by atoms with Crippen molar-refractivity contribution in [3.63, 3.8) is 0 Å². The summed E-state index contributed by atoms with van der Waals surface area (Å²) in [6.45, 7) is 1.75. The number of halogens is 1. The Kier molecular flexibility index (Phi) is 8.76. The molecule has 0 fully saturated rings. The van der Waals surface area contributed by atoms with E-state index < -0.39 is 34.1 Å². The molecule has 2 aromatic carbocycles. The van der Waals surface area contributed by atoms with Crippen molar-refractivity contribution in [2.45, 2.75) is 24.3 Å². The summed E-state index contributed by atoms with van der Waals surface area (Å²) in [6, 6.07) is 10.3. The van der Waals surface area contributed by atoms with Crippen LogP contribution in [0.25, 0.3) is 0 Å². The lowest BCUT2D eigenvalue weighted by molar-refractivity contribution is -0.127. The van der Waals surface area contributed by atoms with Gasteiger partial charge in [0.15, 0.2) is 9.84 Å². The van der Waals surface area contributed by atoms with Gasteiger partial charge >= 0.3 is 0 Å². The number of rotatable bonds is 10. The molecule has 0 radical (unpaired) electrons. The van der Waals surface area contributed by atoms with E-state index >= 15 is 0 Å². The van der Waals surface area contributed by atoms with Crippen LogP contribution in [-0.4, -0.2) is 45.5 Å². The summed E-state index contributed by atoms with van der Waals surface area (Å²) in [5, 5.41) is 12.7. The van der Waals surface area contributed by atoms with E-state index in [-0.39, 0.29) is 28.1 Å². The number of amidine groups is 1. The number of nitrogens with one attached hydrogen (secondary N) is 3. The number of benzene rings is 2. The first kappa shape index (κ1) is 25.3. The Morgan fingerprint density at radius 2 is 1.81 bits per heavy atom. The quantitative estimate of drug-likeness (QED) is 0.232. The molecule has 0 heterocycles. The zero-order valence-corrected chi connectivity index (χ0v) is 19.2. The summed E-state index contributed by atoms with van der Waals surface area (Å²) in [5.74, 6) is -1.30. The maximum Gasteiger partial charge on any atom is 0.233 e. The van der Waals surface area contributed by atoms with E-state index in [9.17, 15) is 18.0 Å². The lowest BCUT2D eigenvalue weighted by Crippen LogP contribution is -2.30. The van der Waals surface area contributed by atoms with Gasteiger partial charge < -0.3 is 21.1 Å². The Morgan fingerprint density at radius 3 is 2.38 bits per heavy atom. The van der Waals surface area contributed by atoms with Gasteiger partial charge in [0.2, 0.25) is 11.8 Å². The van der Waals surface area contributed by atoms with Crippen molar-refractivity contribution in [2.75, 3.05) is 24.8 Å². The third-order valence-corrected chi connectivity index (χ3v) is 6.68. The van der Waals surface area contributed by atoms with E-state index in [1.54, 1.807) is 37.3 Å². The molecule has 0 bridgehead atoms. The molecule has 0 aliphatic heterocycles. The number of nitrogens with two attached hydrogens (primary N) is 1. The molecule has 5 N–H and O–H groups in total. The first-order chi connectivity index (χ1) is 15.0. The maximum atomic E-state index is 12.3. The summed E-state index contributed by atoms with van der Waals surface area (Å²) >= 11 is 6.16. The van der Waals surface area contributed by atoms with E-state index in [1.165, 1.54) is 19.2 Å². The second-order valence-corrected chi connectivity index (χ2v) is 9.49. The highest BCUT2D eigenvalue weighted by molar-refractivity contribution is 7.91. The van der Waals surface area contributed by atoms with Crippen LogP contribution >= 0.6 is 11.6 Å². The highest BCUT2D eigenvalue weighted by Gasteiger charge is 2.20. The number of methoxy groups -OCH3 is 1. The third kappa shape index (κ3) is 7.04. The summed E-state index contributed by atoms with van der Waals surface area (Å²) < 4.78 is 29.4. The van der Waals surface area contributed by atoms with Crippen molar-refractivity contribution in [1.29, 1.82) is 5.41 Å². The van der Waals surface area contributed by atoms with Gasteiger partial charge in [-0.3, -0.25) is 15.0 Å². The molecule has 2 amide bonds. The first-order valence-corrected chi connectivity index (χ1v) is 11.6. The molecule has 1 unspecified atom stereocenters. The fraction of sp³-hybridized carbons (Fsp3) is 0.286. The second-order valence-electron chi connectivity index (χ2n) is 7.01. The Labute approximate surface area is 191 Å². The van der Waals surface area contributed by atoms with Crippen LogP contribution in [0.4, 0.5) is 5.69 Å². The molecule has 1 atom stereocenters. The monoisotopic (exact) mass is 480 g/mol. The molecule has 9 nitrogen and oxygen atoms in total. The van der Waals surface area contributed by atoms with Crippen molar-refractivity contribution >= 4 is 44.8 Å². The topological polar surface area (TPSA) is 151 Å². The van der Waals surface area contributed by atoms with E-state index in [0.29, 0.717) is 16.8 Å². The molecule has 0 aliphatic rings. The molecule has 0 saturated heterocycles. The molecule has 11 heteroatoms. The average molecular weight is 481 g/mol. The van der Waals surface area contributed by atoms with Crippen molar-refractivity contribution in [1.82, 2.24) is 5.32 Å². The zero-order valence-electron chi connectivity index (χ0n) is 17.6. The lowest BCUT2D eigenvalue weighted by atomic mass is 10.1. The van der Waals surface area contributed by atoms with E-state index in [0.717, 1.165) is 0 Å². The van der Waals surface area contributed by atoms with Gasteiger partial charge in [0.1, 0.15) is 12.3 Å². The minimum atomic E-state index is -3.59. The van der Waals surface area contributed by atoms with Crippen LogP contribution in [0.15, 0.2) is 47.4 Å². The smallest absolute Gasteiger partial charge is 0.233 e. The van der Waals surface area contributed by atoms with E-state index in [4.69, 9.17) is 27.5 Å². The lowest BCUT2D eigenvalue weighted by Gasteiger charge is -2.16. The molecular weight excluding hydrogens is 456 g/mol. The third-order valence-electron chi connectivity index (χ3n) is 4.53. The van der Waals surface area contributed by atoms with Gasteiger partial charge in [-0.1, -0.05) is 17.7 Å². The molecule has 2 aromatic rings. The van der Waals surface area contributed by atoms with Gasteiger partial charge in [-0.2, -0.15) is 0 Å². The maximum absolute atomic E-state index is 12.3. The van der Waals surface area contributed by atoms with E-state index in [1.807, 2.05) is 0 Å². The number of ether oxygens (including phenoxy) is 1. The second kappa shape index (κ2) is 11.1. The number of hydrogen-bond donors (Lipinski definition) is 4. The van der Waals surface area contributed by atoms with Gasteiger partial charge in [0, 0.05) is 18.4 Å². The standard InChI is InChI=1S/C21H25ClN4O5S/c1-13(15-5-8-18(17(22)11-15)32(29,30)10-9-31-2)25-19(27)12-20(28)26-16-6-3-14(4-7-16)21(23)24/h3-8,11,13H,9-10,12H2,1-2H3,(H3,23,24)(H,25,27)(H,26,28). The van der Waals surface area contributed by atoms with E-state index in [2.05, 4.69) is 10.6 Å². The van der Waals surface area contributed by atoms with Gasteiger partial charge in [-0.25, -0.2) is 8.42 Å².